The largest absolute Gasteiger partial charge is 0.387 e. The molecule has 2 saturated heterocycles. The van der Waals surface area contributed by atoms with Crippen molar-refractivity contribution < 1.29 is 37.5 Å². The molecular formula is C37H42ClF2N8O5+. The average Bonchev–Trinajstić information content (AvgIpc) is 3.57. The molecule has 0 unspecified atom stereocenters. The SMILES string of the molecule is COCCn1ncc(-c2ccc(-c3cnc(C(=O)Nc4ccc(C(=O)N[C@H]5[C@@H]6CN(C(=O)[C@@H]7C[C@@H](O)C[N+]7(C)C)C[C@@H]65)c(Cl)c4)n3C)c(F)c2F)c1C. The first-order chi connectivity index (χ1) is 25.2. The summed E-state index contributed by atoms with van der Waals surface area (Å²) in [6.07, 6.45) is 2.75. The maximum atomic E-state index is 15.5. The van der Waals surface area contributed by atoms with E-state index in [0.717, 1.165) is 0 Å². The molecule has 2 aromatic carbocycles. The number of aliphatic hydroxyl groups excluding tert-OH is 1. The third-order valence-electron chi connectivity index (χ3n) is 11.0. The van der Waals surface area contributed by atoms with E-state index in [1.54, 1.807) is 24.8 Å². The van der Waals surface area contributed by atoms with Gasteiger partial charge in [0.1, 0.15) is 12.6 Å². The van der Waals surface area contributed by atoms with Gasteiger partial charge < -0.3 is 34.4 Å². The standard InChI is InChI=1S/C37H41ClF2N8O5/c1-19-25(14-42-47(19)10-11-53-5)22-8-9-24(32(40)31(22)39)29-15-41-34(45(29)2)36(51)43-20-6-7-23(28(38)12-20)35(50)44-33-26-16-46(17-27(26)33)37(52)30-13-21(49)18-48(30,3)4/h6-9,12,14-15,21,26-27,30,33,49H,10-11,13,16-18H2,1-5H3,(H-,43,44,50,51)/p+1/t21-,26-,27+,30+,33+/m1/s1. The molecule has 3 N–H and O–H groups in total. The quantitative estimate of drug-likeness (QED) is 0.211. The number of aliphatic hydroxyl groups is 1. The fourth-order valence-electron chi connectivity index (χ4n) is 7.95. The summed E-state index contributed by atoms with van der Waals surface area (Å²) in [4.78, 5) is 45.6. The highest BCUT2D eigenvalue weighted by atomic mass is 35.5. The monoisotopic (exact) mass is 751 g/mol. The fourth-order valence-corrected chi connectivity index (χ4v) is 8.22. The van der Waals surface area contributed by atoms with Gasteiger partial charge in [-0.1, -0.05) is 17.7 Å². The Morgan fingerprint density at radius 2 is 1.74 bits per heavy atom. The lowest BCUT2D eigenvalue weighted by Gasteiger charge is -2.33. The van der Waals surface area contributed by atoms with E-state index in [0.29, 0.717) is 60.6 Å². The third kappa shape index (κ3) is 6.71. The van der Waals surface area contributed by atoms with Crippen LogP contribution in [0.3, 0.4) is 0 Å². The number of nitrogens with zero attached hydrogens (tertiary/aromatic N) is 6. The highest BCUT2D eigenvalue weighted by Crippen LogP contribution is 2.46. The van der Waals surface area contributed by atoms with Gasteiger partial charge in [0.25, 0.3) is 17.7 Å². The Hall–Kier alpha value is -4.70. The van der Waals surface area contributed by atoms with Crippen LogP contribution in [0.5, 0.6) is 0 Å². The van der Waals surface area contributed by atoms with Crippen molar-refractivity contribution >= 4 is 35.0 Å². The van der Waals surface area contributed by atoms with Crippen molar-refractivity contribution in [2.24, 2.45) is 18.9 Å². The van der Waals surface area contributed by atoms with Gasteiger partial charge in [-0.3, -0.25) is 19.1 Å². The molecule has 0 spiro atoms. The van der Waals surface area contributed by atoms with E-state index in [1.807, 2.05) is 19.0 Å². The van der Waals surface area contributed by atoms with E-state index < -0.39 is 23.6 Å². The smallest absolute Gasteiger partial charge is 0.291 e. The number of piperidine rings is 1. The number of amides is 3. The summed E-state index contributed by atoms with van der Waals surface area (Å²) >= 11 is 6.50. The summed E-state index contributed by atoms with van der Waals surface area (Å²) in [7, 11) is 7.02. The maximum Gasteiger partial charge on any atom is 0.291 e. The predicted octanol–water partition coefficient (Wildman–Crippen LogP) is 3.49. The molecule has 280 valence electrons. The first-order valence-electron chi connectivity index (χ1n) is 17.4. The Kier molecular flexibility index (Phi) is 9.64. The van der Waals surface area contributed by atoms with Crippen LogP contribution < -0.4 is 10.6 Å². The Labute approximate surface area is 310 Å². The number of ether oxygens (including phenoxy) is 1. The zero-order valence-corrected chi connectivity index (χ0v) is 30.8. The lowest BCUT2D eigenvalue weighted by Crippen LogP contribution is -2.53. The van der Waals surface area contributed by atoms with Crippen LogP contribution in [0.25, 0.3) is 22.4 Å². The molecule has 7 rings (SSSR count). The van der Waals surface area contributed by atoms with Crippen molar-refractivity contribution in [3.05, 3.63) is 76.5 Å². The molecule has 13 nitrogen and oxygen atoms in total. The second-order valence-corrected chi connectivity index (χ2v) is 15.2. The second kappa shape index (κ2) is 13.9. The molecule has 3 amide bonds. The summed E-state index contributed by atoms with van der Waals surface area (Å²) in [5.41, 5.74) is 1.84. The first-order valence-corrected chi connectivity index (χ1v) is 17.8. The van der Waals surface area contributed by atoms with Crippen LogP contribution in [0.15, 0.2) is 42.7 Å². The number of likely N-dealkylation sites (N-methyl/N-ethyl adjacent to an activating group) is 1. The maximum absolute atomic E-state index is 15.5. The number of methoxy groups -OCH3 is 1. The molecule has 3 fully saturated rings. The van der Waals surface area contributed by atoms with E-state index in [9.17, 15) is 19.5 Å². The van der Waals surface area contributed by atoms with Crippen LogP contribution in [0.4, 0.5) is 14.5 Å². The molecule has 3 aliphatic rings. The topological polar surface area (TPSA) is 144 Å². The third-order valence-corrected chi connectivity index (χ3v) is 11.3. The first kappa shape index (κ1) is 36.6. The molecule has 4 aromatic rings. The van der Waals surface area contributed by atoms with E-state index in [2.05, 4.69) is 20.7 Å². The zero-order valence-electron chi connectivity index (χ0n) is 30.1. The fraction of sp³-hybridized carbons (Fsp3) is 0.432. The number of carbonyl (C=O) groups excluding carboxylic acids is 3. The number of benzene rings is 2. The minimum Gasteiger partial charge on any atom is -0.387 e. The molecule has 0 radical (unpaired) electrons. The van der Waals surface area contributed by atoms with Gasteiger partial charge in [-0.25, -0.2) is 13.8 Å². The summed E-state index contributed by atoms with van der Waals surface area (Å²) in [6, 6.07) is 7.08. The molecule has 2 aromatic heterocycles. The number of hydrogen-bond donors (Lipinski definition) is 3. The number of imidazole rings is 1. The molecule has 5 atom stereocenters. The van der Waals surface area contributed by atoms with Crippen molar-refractivity contribution in [1.29, 1.82) is 0 Å². The molecule has 2 aliphatic heterocycles. The lowest BCUT2D eigenvalue weighted by molar-refractivity contribution is -0.894. The summed E-state index contributed by atoms with van der Waals surface area (Å²) in [5.74, 6) is -2.80. The number of hydrogen-bond acceptors (Lipinski definition) is 7. The second-order valence-electron chi connectivity index (χ2n) is 14.8. The number of likely N-dealkylation sites (tertiary alicyclic amines) is 2. The Morgan fingerprint density at radius 1 is 1.04 bits per heavy atom. The Bertz CT molecular complexity index is 2110. The summed E-state index contributed by atoms with van der Waals surface area (Å²) in [6.45, 7) is 4.32. The average molecular weight is 752 g/mol. The molecule has 1 saturated carbocycles. The van der Waals surface area contributed by atoms with Gasteiger partial charge in [-0.2, -0.15) is 5.10 Å². The van der Waals surface area contributed by atoms with Crippen LogP contribution in [-0.2, 0) is 23.1 Å². The molecular weight excluding hydrogens is 710 g/mol. The van der Waals surface area contributed by atoms with Gasteiger partial charge in [0, 0.05) is 79.6 Å². The number of carbonyl (C=O) groups is 3. The summed E-state index contributed by atoms with van der Waals surface area (Å²) < 4.78 is 39.5. The Balaban J connectivity index is 0.969. The molecule has 53 heavy (non-hydrogen) atoms. The van der Waals surface area contributed by atoms with Gasteiger partial charge >= 0.3 is 0 Å². The van der Waals surface area contributed by atoms with Gasteiger partial charge in [0.2, 0.25) is 0 Å². The minimum absolute atomic E-state index is 0.0515. The van der Waals surface area contributed by atoms with Gasteiger partial charge in [0.15, 0.2) is 23.5 Å². The molecule has 4 heterocycles. The highest BCUT2D eigenvalue weighted by molar-refractivity contribution is 6.34. The number of fused-ring (bicyclic) bond motifs is 1. The van der Waals surface area contributed by atoms with Crippen LogP contribution in [-0.4, -0.2) is 117 Å². The number of anilines is 1. The van der Waals surface area contributed by atoms with E-state index in [4.69, 9.17) is 16.3 Å². The zero-order chi connectivity index (χ0) is 37.9. The van der Waals surface area contributed by atoms with Crippen molar-refractivity contribution in [3.8, 4) is 22.4 Å². The lowest BCUT2D eigenvalue weighted by atomic mass is 10.0. The molecule has 16 heteroatoms. The number of aromatic nitrogens is 4. The van der Waals surface area contributed by atoms with Crippen LogP contribution in [0.1, 0.15) is 33.1 Å². The number of rotatable bonds is 10. The van der Waals surface area contributed by atoms with Gasteiger partial charge in [0.05, 0.1) is 55.9 Å². The molecule has 0 bridgehead atoms. The van der Waals surface area contributed by atoms with Gasteiger partial charge in [-0.05, 0) is 31.2 Å². The van der Waals surface area contributed by atoms with E-state index in [1.165, 1.54) is 48.3 Å². The van der Waals surface area contributed by atoms with Crippen molar-refractivity contribution in [2.75, 3.05) is 52.8 Å². The van der Waals surface area contributed by atoms with Crippen LogP contribution in [0, 0.1) is 30.4 Å². The van der Waals surface area contributed by atoms with Crippen molar-refractivity contribution in [1.82, 2.24) is 29.5 Å². The minimum atomic E-state index is -1.09. The van der Waals surface area contributed by atoms with Crippen LogP contribution in [0.2, 0.25) is 5.02 Å². The summed E-state index contributed by atoms with van der Waals surface area (Å²) in [5, 5.41) is 20.2. The highest BCUT2D eigenvalue weighted by Gasteiger charge is 2.59. The number of halogens is 3. The van der Waals surface area contributed by atoms with Crippen LogP contribution >= 0.6 is 11.6 Å². The Morgan fingerprint density at radius 3 is 2.40 bits per heavy atom. The van der Waals surface area contributed by atoms with E-state index >= 15 is 8.78 Å². The van der Waals surface area contributed by atoms with Gasteiger partial charge in [-0.15, -0.1) is 0 Å². The number of quaternary nitrogens is 1. The van der Waals surface area contributed by atoms with E-state index in [-0.39, 0.29) is 69.0 Å². The number of nitrogens with one attached hydrogen (secondary N) is 2. The predicted molar refractivity (Wildman–Crippen MR) is 192 cm³/mol. The normalized spacial score (nSPS) is 22.9. The van der Waals surface area contributed by atoms with Crippen molar-refractivity contribution in [2.45, 2.75) is 38.1 Å². The molecule has 1 aliphatic carbocycles. The van der Waals surface area contributed by atoms with Crippen molar-refractivity contribution in [3.63, 3.8) is 0 Å².